The maximum Gasteiger partial charge on any atom is 0.0565 e. The third-order valence-electron chi connectivity index (χ3n) is 8.81. The first-order valence-electron chi connectivity index (χ1n) is 10.8. The average Bonchev–Trinajstić information content (AvgIpc) is 3.16. The predicted molar refractivity (Wildman–Crippen MR) is 103 cm³/mol. The maximum atomic E-state index is 4.45. The van der Waals surface area contributed by atoms with Crippen molar-refractivity contribution in [3.05, 3.63) is 24.0 Å². The molecule has 0 aromatic carbocycles. The van der Waals surface area contributed by atoms with Gasteiger partial charge in [-0.1, -0.05) is 26.3 Å². The van der Waals surface area contributed by atoms with E-state index >= 15 is 0 Å². The van der Waals surface area contributed by atoms with Gasteiger partial charge in [0, 0.05) is 18.8 Å². The summed E-state index contributed by atoms with van der Waals surface area (Å²) in [6, 6.07) is 0. The molecular formula is C23H34N2. The number of fused-ring (bicyclic) bond motifs is 5. The second-order valence-corrected chi connectivity index (χ2v) is 10.1. The number of nitrogens with zero attached hydrogens (tertiary/aromatic N) is 2. The molecule has 0 spiro atoms. The van der Waals surface area contributed by atoms with Gasteiger partial charge in [-0.2, -0.15) is 5.10 Å². The van der Waals surface area contributed by atoms with Crippen LogP contribution in [-0.2, 0) is 7.05 Å². The first-order chi connectivity index (χ1) is 12.1. The molecule has 0 N–H and O–H groups in total. The van der Waals surface area contributed by atoms with Gasteiger partial charge < -0.3 is 0 Å². The van der Waals surface area contributed by atoms with Crippen molar-refractivity contribution in [2.24, 2.45) is 48.0 Å². The van der Waals surface area contributed by atoms with Crippen LogP contribution >= 0.6 is 0 Å². The Morgan fingerprint density at radius 2 is 1.92 bits per heavy atom. The molecule has 0 bridgehead atoms. The second kappa shape index (κ2) is 5.72. The third-order valence-corrected chi connectivity index (χ3v) is 8.81. The highest BCUT2D eigenvalue weighted by molar-refractivity contribution is 5.72. The number of aromatic nitrogens is 2. The Labute approximate surface area is 153 Å². The lowest BCUT2D eigenvalue weighted by Gasteiger charge is -2.56. The van der Waals surface area contributed by atoms with E-state index in [1.54, 1.807) is 5.57 Å². The Morgan fingerprint density at radius 1 is 1.08 bits per heavy atom. The van der Waals surface area contributed by atoms with Crippen LogP contribution in [0, 0.1) is 40.9 Å². The molecule has 7 atom stereocenters. The minimum atomic E-state index is 0.402. The van der Waals surface area contributed by atoms with Crippen molar-refractivity contribution in [1.82, 2.24) is 9.78 Å². The fourth-order valence-corrected chi connectivity index (χ4v) is 7.66. The summed E-state index contributed by atoms with van der Waals surface area (Å²) < 4.78 is 1.97. The number of allylic oxidation sites excluding steroid dienone is 2. The Morgan fingerprint density at radius 3 is 2.72 bits per heavy atom. The maximum absolute atomic E-state index is 4.45. The fraction of sp³-hybridized carbons (Fsp3) is 0.783. The van der Waals surface area contributed by atoms with E-state index in [-0.39, 0.29) is 0 Å². The van der Waals surface area contributed by atoms with Crippen LogP contribution in [-0.4, -0.2) is 9.78 Å². The number of aryl methyl sites for hydroxylation is 1. The van der Waals surface area contributed by atoms with Crippen molar-refractivity contribution in [3.8, 4) is 0 Å². The molecule has 0 amide bonds. The molecule has 136 valence electrons. The zero-order chi connectivity index (χ0) is 17.2. The van der Waals surface area contributed by atoms with E-state index in [1.165, 1.54) is 56.9 Å². The van der Waals surface area contributed by atoms with E-state index in [4.69, 9.17) is 0 Å². The van der Waals surface area contributed by atoms with Crippen molar-refractivity contribution in [2.75, 3.05) is 0 Å². The lowest BCUT2D eigenvalue weighted by molar-refractivity contribution is -0.0443. The van der Waals surface area contributed by atoms with E-state index in [2.05, 4.69) is 37.4 Å². The summed E-state index contributed by atoms with van der Waals surface area (Å²) in [5, 5.41) is 4.45. The molecule has 0 saturated heterocycles. The molecule has 0 aliphatic heterocycles. The summed E-state index contributed by atoms with van der Waals surface area (Å²) in [6.45, 7) is 5.07. The third kappa shape index (κ3) is 2.39. The van der Waals surface area contributed by atoms with Crippen LogP contribution in [0.2, 0.25) is 0 Å². The Balaban J connectivity index is 1.41. The summed E-state index contributed by atoms with van der Waals surface area (Å²) in [5.74, 6) is 6.01. The smallest absolute Gasteiger partial charge is 0.0565 e. The quantitative estimate of drug-likeness (QED) is 0.642. The first-order valence-corrected chi connectivity index (χ1v) is 10.8. The summed E-state index contributed by atoms with van der Waals surface area (Å²) in [6.07, 6.45) is 18.7. The van der Waals surface area contributed by atoms with E-state index in [9.17, 15) is 0 Å². The number of hydrogen-bond acceptors (Lipinski definition) is 1. The van der Waals surface area contributed by atoms with Crippen molar-refractivity contribution in [2.45, 2.75) is 65.2 Å². The van der Waals surface area contributed by atoms with Gasteiger partial charge in [-0.05, 0) is 91.4 Å². The summed E-state index contributed by atoms with van der Waals surface area (Å²) in [7, 11) is 2.04. The van der Waals surface area contributed by atoms with Crippen LogP contribution in [0.15, 0.2) is 18.5 Å². The van der Waals surface area contributed by atoms with Gasteiger partial charge >= 0.3 is 0 Å². The largest absolute Gasteiger partial charge is 0.275 e. The number of hydrogen-bond donors (Lipinski definition) is 0. The molecule has 4 aliphatic rings. The molecule has 2 heteroatoms. The van der Waals surface area contributed by atoms with Crippen LogP contribution < -0.4 is 0 Å². The molecule has 3 fully saturated rings. The molecule has 1 aromatic heterocycles. The summed E-state index contributed by atoms with van der Waals surface area (Å²) >= 11 is 0. The van der Waals surface area contributed by atoms with Gasteiger partial charge in [-0.25, -0.2) is 0 Å². The second-order valence-electron chi connectivity index (χ2n) is 10.1. The topological polar surface area (TPSA) is 17.8 Å². The zero-order valence-corrected chi connectivity index (χ0v) is 16.2. The zero-order valence-electron chi connectivity index (χ0n) is 16.2. The van der Waals surface area contributed by atoms with Gasteiger partial charge in [0.1, 0.15) is 0 Å². The Hall–Kier alpha value is -1.05. The first kappa shape index (κ1) is 16.1. The van der Waals surface area contributed by atoms with Crippen LogP contribution in [0.5, 0.6) is 0 Å². The monoisotopic (exact) mass is 338 g/mol. The molecule has 1 heterocycles. The standard InChI is InChI=1S/C23H34N2/c1-15-4-6-18-16(12-15)5-7-20-19(18)10-11-23(2)21(8-9-22(20)23)17-13-24-25(3)14-17/h8,13-16,18-20,22H,4-7,9-12H2,1-3H3. The van der Waals surface area contributed by atoms with Crippen LogP contribution in [0.1, 0.15) is 70.8 Å². The van der Waals surface area contributed by atoms with Crippen molar-refractivity contribution < 1.29 is 0 Å². The van der Waals surface area contributed by atoms with Gasteiger partial charge in [0.15, 0.2) is 0 Å². The van der Waals surface area contributed by atoms with Crippen molar-refractivity contribution in [1.29, 1.82) is 0 Å². The van der Waals surface area contributed by atoms with Crippen LogP contribution in [0.3, 0.4) is 0 Å². The van der Waals surface area contributed by atoms with Crippen molar-refractivity contribution >= 4 is 5.57 Å². The van der Waals surface area contributed by atoms with E-state index in [0.717, 1.165) is 35.5 Å². The molecule has 5 rings (SSSR count). The lowest BCUT2D eigenvalue weighted by atomic mass is 9.49. The molecule has 25 heavy (non-hydrogen) atoms. The molecule has 4 aliphatic carbocycles. The minimum Gasteiger partial charge on any atom is -0.275 e. The molecule has 0 radical (unpaired) electrons. The number of rotatable bonds is 1. The van der Waals surface area contributed by atoms with Gasteiger partial charge in [0.2, 0.25) is 0 Å². The van der Waals surface area contributed by atoms with Crippen LogP contribution in [0.4, 0.5) is 0 Å². The van der Waals surface area contributed by atoms with E-state index < -0.39 is 0 Å². The van der Waals surface area contributed by atoms with Gasteiger partial charge in [0.05, 0.1) is 6.20 Å². The highest BCUT2D eigenvalue weighted by atomic mass is 15.2. The van der Waals surface area contributed by atoms with Crippen molar-refractivity contribution in [3.63, 3.8) is 0 Å². The lowest BCUT2D eigenvalue weighted by Crippen LogP contribution is -2.47. The highest BCUT2D eigenvalue weighted by Gasteiger charge is 2.54. The SMILES string of the molecule is CC1CCC2C(CCC3C2CCC2(C)C(c4cnn(C)c4)=CCC32)C1. The molecule has 1 aromatic rings. The predicted octanol–water partition coefficient (Wildman–Crippen LogP) is 5.70. The van der Waals surface area contributed by atoms with Gasteiger partial charge in [-0.15, -0.1) is 0 Å². The Bertz CT molecular complexity index is 686. The summed E-state index contributed by atoms with van der Waals surface area (Å²) in [5.41, 5.74) is 3.40. The van der Waals surface area contributed by atoms with Crippen LogP contribution in [0.25, 0.3) is 5.57 Å². The summed E-state index contributed by atoms with van der Waals surface area (Å²) in [4.78, 5) is 0. The molecule has 2 nitrogen and oxygen atoms in total. The van der Waals surface area contributed by atoms with E-state index in [1.807, 2.05) is 11.7 Å². The fourth-order valence-electron chi connectivity index (χ4n) is 7.66. The normalized spacial score (nSPS) is 46.1. The van der Waals surface area contributed by atoms with Gasteiger partial charge in [0.25, 0.3) is 0 Å². The molecule has 7 unspecified atom stereocenters. The minimum absolute atomic E-state index is 0.402. The van der Waals surface area contributed by atoms with Gasteiger partial charge in [-0.3, -0.25) is 4.68 Å². The molecular weight excluding hydrogens is 304 g/mol. The van der Waals surface area contributed by atoms with E-state index in [0.29, 0.717) is 5.41 Å². The Kier molecular flexibility index (Phi) is 3.70. The highest BCUT2D eigenvalue weighted by Crippen LogP contribution is 2.64. The molecule has 3 saturated carbocycles. The average molecular weight is 339 g/mol.